The van der Waals surface area contributed by atoms with Crippen LogP contribution in [0.1, 0.15) is 11.5 Å². The van der Waals surface area contributed by atoms with Crippen molar-refractivity contribution < 1.29 is 0 Å². The molecule has 22 heavy (non-hydrogen) atoms. The molecule has 0 saturated carbocycles. The van der Waals surface area contributed by atoms with E-state index in [2.05, 4.69) is 41.1 Å². The second-order valence-electron chi connectivity index (χ2n) is 5.20. The molecule has 4 rings (SSSR count). The molecule has 0 bridgehead atoms. The maximum absolute atomic E-state index is 4.64. The summed E-state index contributed by atoms with van der Waals surface area (Å²) in [5.74, 6) is 1.65. The lowest BCUT2D eigenvalue weighted by Crippen LogP contribution is -2.07. The summed E-state index contributed by atoms with van der Waals surface area (Å²) >= 11 is 0. The Bertz CT molecular complexity index is 967. The monoisotopic (exact) mass is 293 g/mol. The SMILES string of the molecule is Cc1[nH]nc2c(NCc3nc4ccccc4n3C)ncnc12. The summed E-state index contributed by atoms with van der Waals surface area (Å²) in [5, 5.41) is 10.5. The highest BCUT2D eigenvalue weighted by molar-refractivity contribution is 5.86. The number of nitrogens with one attached hydrogen (secondary N) is 2. The highest BCUT2D eigenvalue weighted by atomic mass is 15.2. The highest BCUT2D eigenvalue weighted by Gasteiger charge is 2.11. The minimum Gasteiger partial charge on any atom is -0.361 e. The molecule has 0 fully saturated rings. The molecule has 4 aromatic rings. The molecule has 0 atom stereocenters. The fourth-order valence-corrected chi connectivity index (χ4v) is 2.60. The Morgan fingerprint density at radius 2 is 2.05 bits per heavy atom. The van der Waals surface area contributed by atoms with Gasteiger partial charge in [-0.2, -0.15) is 5.10 Å². The zero-order valence-corrected chi connectivity index (χ0v) is 12.3. The van der Waals surface area contributed by atoms with Gasteiger partial charge >= 0.3 is 0 Å². The van der Waals surface area contributed by atoms with Gasteiger partial charge in [0.15, 0.2) is 11.3 Å². The molecule has 0 aliphatic carbocycles. The predicted molar refractivity (Wildman–Crippen MR) is 84.5 cm³/mol. The summed E-state index contributed by atoms with van der Waals surface area (Å²) in [5.41, 5.74) is 4.62. The summed E-state index contributed by atoms with van der Waals surface area (Å²) in [6.07, 6.45) is 1.54. The fourth-order valence-electron chi connectivity index (χ4n) is 2.60. The third-order valence-corrected chi connectivity index (χ3v) is 3.81. The summed E-state index contributed by atoms with van der Waals surface area (Å²) in [6, 6.07) is 8.08. The first-order valence-corrected chi connectivity index (χ1v) is 7.04. The number of hydrogen-bond acceptors (Lipinski definition) is 5. The molecule has 0 radical (unpaired) electrons. The van der Waals surface area contributed by atoms with E-state index in [-0.39, 0.29) is 0 Å². The summed E-state index contributed by atoms with van der Waals surface area (Å²) in [4.78, 5) is 13.2. The molecular weight excluding hydrogens is 278 g/mol. The highest BCUT2D eigenvalue weighted by Crippen LogP contribution is 2.20. The molecule has 1 aromatic carbocycles. The lowest BCUT2D eigenvalue weighted by atomic mass is 10.3. The lowest BCUT2D eigenvalue weighted by molar-refractivity contribution is 0.832. The molecule has 2 N–H and O–H groups in total. The molecule has 0 unspecified atom stereocenters. The van der Waals surface area contributed by atoms with E-state index in [0.29, 0.717) is 12.4 Å². The number of aryl methyl sites for hydroxylation is 2. The molecule has 0 amide bonds. The first kappa shape index (κ1) is 12.8. The van der Waals surface area contributed by atoms with Crippen LogP contribution in [0.2, 0.25) is 0 Å². The molecule has 0 spiro atoms. The average molecular weight is 293 g/mol. The number of benzene rings is 1. The van der Waals surface area contributed by atoms with Gasteiger partial charge < -0.3 is 9.88 Å². The number of imidazole rings is 1. The molecule has 110 valence electrons. The fraction of sp³-hybridized carbons (Fsp3) is 0.200. The van der Waals surface area contributed by atoms with E-state index in [4.69, 9.17) is 0 Å². The van der Waals surface area contributed by atoms with Crippen LogP contribution in [0.15, 0.2) is 30.6 Å². The van der Waals surface area contributed by atoms with Crippen molar-refractivity contribution in [3.8, 4) is 0 Å². The van der Waals surface area contributed by atoms with Gasteiger partial charge in [-0.25, -0.2) is 15.0 Å². The number of para-hydroxylation sites is 2. The van der Waals surface area contributed by atoms with Crippen molar-refractivity contribution in [3.05, 3.63) is 42.1 Å². The van der Waals surface area contributed by atoms with Crippen molar-refractivity contribution in [2.24, 2.45) is 7.05 Å². The standard InChI is InChI=1S/C15H15N7/c1-9-13-14(21-20-9)15(18-8-17-13)16-7-12-19-10-5-3-4-6-11(10)22(12)2/h3-6,8H,7H2,1-2H3,(H,20,21)(H,16,17,18). The van der Waals surface area contributed by atoms with Crippen molar-refractivity contribution in [1.29, 1.82) is 0 Å². The molecule has 0 aliphatic heterocycles. The van der Waals surface area contributed by atoms with E-state index >= 15 is 0 Å². The van der Waals surface area contributed by atoms with E-state index < -0.39 is 0 Å². The molecule has 3 heterocycles. The van der Waals surface area contributed by atoms with Crippen molar-refractivity contribution in [2.45, 2.75) is 13.5 Å². The Morgan fingerprint density at radius 3 is 2.91 bits per heavy atom. The second-order valence-corrected chi connectivity index (χ2v) is 5.20. The Labute approximate surface area is 126 Å². The van der Waals surface area contributed by atoms with Gasteiger partial charge in [-0.3, -0.25) is 5.10 Å². The quantitative estimate of drug-likeness (QED) is 0.604. The molecule has 0 aliphatic rings. The summed E-state index contributed by atoms with van der Waals surface area (Å²) in [6.45, 7) is 2.51. The zero-order chi connectivity index (χ0) is 15.1. The van der Waals surface area contributed by atoms with Gasteiger partial charge in [0.2, 0.25) is 0 Å². The van der Waals surface area contributed by atoms with Crippen LogP contribution in [-0.2, 0) is 13.6 Å². The van der Waals surface area contributed by atoms with Crippen LogP contribution in [-0.4, -0.2) is 29.7 Å². The Balaban J connectivity index is 1.67. The molecule has 3 aromatic heterocycles. The first-order chi connectivity index (χ1) is 10.7. The number of fused-ring (bicyclic) bond motifs is 2. The van der Waals surface area contributed by atoms with Gasteiger partial charge in [-0.15, -0.1) is 0 Å². The smallest absolute Gasteiger partial charge is 0.158 e. The van der Waals surface area contributed by atoms with Crippen LogP contribution in [0.3, 0.4) is 0 Å². The molecular formula is C15H15N7. The van der Waals surface area contributed by atoms with Gasteiger partial charge in [0.05, 0.1) is 23.3 Å². The summed E-state index contributed by atoms with van der Waals surface area (Å²) in [7, 11) is 2.01. The Kier molecular flexibility index (Phi) is 2.78. The average Bonchev–Trinajstić information content (AvgIpc) is 3.08. The van der Waals surface area contributed by atoms with Crippen LogP contribution in [0.5, 0.6) is 0 Å². The molecule has 0 saturated heterocycles. The van der Waals surface area contributed by atoms with Gasteiger partial charge in [0.1, 0.15) is 17.7 Å². The zero-order valence-electron chi connectivity index (χ0n) is 12.3. The number of nitrogens with zero attached hydrogens (tertiary/aromatic N) is 5. The lowest BCUT2D eigenvalue weighted by Gasteiger charge is -2.06. The van der Waals surface area contributed by atoms with E-state index in [1.807, 2.05) is 32.2 Å². The van der Waals surface area contributed by atoms with Crippen LogP contribution < -0.4 is 5.32 Å². The van der Waals surface area contributed by atoms with Gasteiger partial charge in [-0.05, 0) is 19.1 Å². The number of rotatable bonds is 3. The second kappa shape index (κ2) is 4.80. The Hall–Kier alpha value is -2.96. The molecule has 7 nitrogen and oxygen atoms in total. The van der Waals surface area contributed by atoms with Crippen molar-refractivity contribution in [3.63, 3.8) is 0 Å². The van der Waals surface area contributed by atoms with Crippen LogP contribution in [0, 0.1) is 6.92 Å². The third kappa shape index (κ3) is 1.90. The van der Waals surface area contributed by atoms with Crippen LogP contribution in [0.25, 0.3) is 22.1 Å². The topological polar surface area (TPSA) is 84.3 Å². The van der Waals surface area contributed by atoms with E-state index in [0.717, 1.165) is 33.6 Å². The number of H-pyrrole nitrogens is 1. The first-order valence-electron chi connectivity index (χ1n) is 7.04. The number of aromatic amines is 1. The minimum absolute atomic E-state index is 0.573. The third-order valence-electron chi connectivity index (χ3n) is 3.81. The van der Waals surface area contributed by atoms with Gasteiger partial charge in [-0.1, -0.05) is 12.1 Å². The number of aromatic nitrogens is 6. The largest absolute Gasteiger partial charge is 0.361 e. The number of anilines is 1. The summed E-state index contributed by atoms with van der Waals surface area (Å²) < 4.78 is 2.08. The van der Waals surface area contributed by atoms with Crippen LogP contribution >= 0.6 is 0 Å². The van der Waals surface area contributed by atoms with E-state index in [9.17, 15) is 0 Å². The van der Waals surface area contributed by atoms with Gasteiger partial charge in [0, 0.05) is 7.05 Å². The predicted octanol–water partition coefficient (Wildman–Crippen LogP) is 2.16. The maximum Gasteiger partial charge on any atom is 0.158 e. The van der Waals surface area contributed by atoms with E-state index in [1.54, 1.807) is 6.33 Å². The minimum atomic E-state index is 0.573. The van der Waals surface area contributed by atoms with Crippen molar-refractivity contribution >= 4 is 27.9 Å². The van der Waals surface area contributed by atoms with Crippen molar-refractivity contribution in [1.82, 2.24) is 29.7 Å². The number of hydrogen-bond donors (Lipinski definition) is 2. The van der Waals surface area contributed by atoms with Crippen LogP contribution in [0.4, 0.5) is 5.82 Å². The normalized spacial score (nSPS) is 11.4. The van der Waals surface area contributed by atoms with E-state index in [1.165, 1.54) is 0 Å². The van der Waals surface area contributed by atoms with Gasteiger partial charge in [0.25, 0.3) is 0 Å². The van der Waals surface area contributed by atoms with Crippen molar-refractivity contribution in [2.75, 3.05) is 5.32 Å². The Morgan fingerprint density at radius 1 is 1.18 bits per heavy atom. The maximum atomic E-state index is 4.64. The molecule has 7 heteroatoms.